The van der Waals surface area contributed by atoms with Gasteiger partial charge in [0.2, 0.25) is 0 Å². The predicted molar refractivity (Wildman–Crippen MR) is 76.9 cm³/mol. The molecule has 0 spiro atoms. The van der Waals surface area contributed by atoms with Crippen LogP contribution in [-0.4, -0.2) is 20.3 Å². The maximum Gasteiger partial charge on any atom is 0.396 e. The average Bonchev–Trinajstić information content (AvgIpc) is 2.45. The number of hydrogen-bond acceptors (Lipinski definition) is 3. The topological polar surface area (TPSA) is 58.5 Å². The van der Waals surface area contributed by atoms with Gasteiger partial charge in [-0.05, 0) is 38.3 Å². The van der Waals surface area contributed by atoms with Crippen LogP contribution in [0.15, 0.2) is 34.3 Å². The van der Waals surface area contributed by atoms with Crippen LogP contribution in [0, 0.1) is 12.8 Å². The van der Waals surface area contributed by atoms with Crippen LogP contribution in [0.1, 0.15) is 31.2 Å². The van der Waals surface area contributed by atoms with Crippen molar-refractivity contribution in [3.05, 3.63) is 29.8 Å². The van der Waals surface area contributed by atoms with E-state index in [2.05, 4.69) is 5.10 Å². The summed E-state index contributed by atoms with van der Waals surface area (Å²) in [6, 6.07) is 6.00. The smallest absolute Gasteiger partial charge is 0.200 e. The molecule has 1 aromatic carbocycles. The maximum absolute atomic E-state index is 12.9. The van der Waals surface area contributed by atoms with Crippen molar-refractivity contribution >= 4 is 15.7 Å². The number of aryl methyl sites for hydroxylation is 1. The van der Waals surface area contributed by atoms with Crippen LogP contribution in [0.5, 0.6) is 0 Å². The molecule has 2 rings (SSSR count). The highest BCUT2D eigenvalue weighted by atomic mass is 32.2. The number of benzene rings is 1. The molecule has 4 nitrogen and oxygen atoms in total. The quantitative estimate of drug-likeness (QED) is 0.862. The Labute approximate surface area is 127 Å². The molecular formula is C14H17F3N2O2S. The van der Waals surface area contributed by atoms with Crippen LogP contribution in [0.2, 0.25) is 0 Å². The molecule has 0 radical (unpaired) electrons. The first-order chi connectivity index (χ1) is 10.2. The van der Waals surface area contributed by atoms with E-state index in [1.807, 2.05) is 4.83 Å². The highest BCUT2D eigenvalue weighted by Gasteiger charge is 2.43. The van der Waals surface area contributed by atoms with Crippen molar-refractivity contribution in [3.63, 3.8) is 0 Å². The zero-order chi connectivity index (χ0) is 16.4. The zero-order valence-electron chi connectivity index (χ0n) is 12.0. The molecule has 1 aliphatic carbocycles. The third-order valence-electron chi connectivity index (χ3n) is 3.61. The third-order valence-corrected chi connectivity index (χ3v) is 4.84. The van der Waals surface area contributed by atoms with Gasteiger partial charge in [-0.2, -0.15) is 26.7 Å². The number of hydrogen-bond donors (Lipinski definition) is 1. The Bertz CT molecular complexity index is 652. The number of halogens is 3. The molecule has 0 aromatic heterocycles. The first kappa shape index (κ1) is 16.8. The molecule has 8 heteroatoms. The molecule has 0 aliphatic heterocycles. The summed E-state index contributed by atoms with van der Waals surface area (Å²) in [7, 11) is -3.95. The van der Waals surface area contributed by atoms with Crippen molar-refractivity contribution in [2.45, 2.75) is 43.7 Å². The minimum absolute atomic E-state index is 0.0261. The van der Waals surface area contributed by atoms with Crippen LogP contribution < -0.4 is 4.83 Å². The van der Waals surface area contributed by atoms with E-state index in [4.69, 9.17) is 0 Å². The third kappa shape index (κ3) is 4.00. The Hall–Kier alpha value is -1.57. The van der Waals surface area contributed by atoms with Gasteiger partial charge < -0.3 is 0 Å². The van der Waals surface area contributed by atoms with Gasteiger partial charge in [0, 0.05) is 0 Å². The Balaban J connectivity index is 2.20. The Morgan fingerprint density at radius 3 is 2.41 bits per heavy atom. The lowest BCUT2D eigenvalue weighted by molar-refractivity contribution is -0.158. The summed E-state index contributed by atoms with van der Waals surface area (Å²) in [6.07, 6.45) is -3.24. The van der Waals surface area contributed by atoms with Crippen LogP contribution >= 0.6 is 0 Å². The molecule has 0 heterocycles. The van der Waals surface area contributed by atoms with E-state index in [9.17, 15) is 21.6 Å². The first-order valence-electron chi connectivity index (χ1n) is 6.92. The fraction of sp³-hybridized carbons (Fsp3) is 0.500. The summed E-state index contributed by atoms with van der Waals surface area (Å²) in [5, 5.41) is 3.56. The summed E-state index contributed by atoms with van der Waals surface area (Å²) in [5.74, 6) is -1.66. The fourth-order valence-corrected chi connectivity index (χ4v) is 3.21. The largest absolute Gasteiger partial charge is 0.396 e. The van der Waals surface area contributed by atoms with Gasteiger partial charge in [0.25, 0.3) is 10.0 Å². The van der Waals surface area contributed by atoms with Crippen molar-refractivity contribution in [3.8, 4) is 0 Å². The highest BCUT2D eigenvalue weighted by molar-refractivity contribution is 7.89. The summed E-state index contributed by atoms with van der Waals surface area (Å²) in [5.41, 5.74) is 0.740. The van der Waals surface area contributed by atoms with E-state index in [0.717, 1.165) is 5.56 Å². The van der Waals surface area contributed by atoms with Crippen molar-refractivity contribution < 1.29 is 21.6 Å². The van der Waals surface area contributed by atoms with Crippen LogP contribution in [0.25, 0.3) is 0 Å². The maximum atomic E-state index is 12.9. The average molecular weight is 334 g/mol. The second-order valence-electron chi connectivity index (χ2n) is 5.35. The van der Waals surface area contributed by atoms with Gasteiger partial charge in [-0.15, -0.1) is 0 Å². The number of sulfonamides is 1. The van der Waals surface area contributed by atoms with Gasteiger partial charge in [0.15, 0.2) is 0 Å². The number of hydrazone groups is 1. The summed E-state index contributed by atoms with van der Waals surface area (Å²) >= 11 is 0. The summed E-state index contributed by atoms with van der Waals surface area (Å²) in [6.45, 7) is 1.81. The lowest BCUT2D eigenvalue weighted by atomic mass is 9.87. The Morgan fingerprint density at radius 2 is 1.82 bits per heavy atom. The molecule has 1 aromatic rings. The summed E-state index contributed by atoms with van der Waals surface area (Å²) in [4.78, 5) is 1.90. The van der Waals surface area contributed by atoms with Gasteiger partial charge in [0.05, 0.1) is 16.5 Å². The van der Waals surface area contributed by atoms with Gasteiger partial charge in [-0.1, -0.05) is 24.1 Å². The normalized spacial score (nSPS) is 21.8. The molecule has 1 unspecified atom stereocenters. The van der Waals surface area contributed by atoms with Gasteiger partial charge in [0.1, 0.15) is 0 Å². The van der Waals surface area contributed by atoms with E-state index in [1.165, 1.54) is 12.1 Å². The molecule has 22 heavy (non-hydrogen) atoms. The molecule has 1 N–H and O–H groups in total. The SMILES string of the molecule is Cc1ccc(S(=O)(=O)N/N=C2/CCCCC2C(F)(F)F)cc1. The Kier molecular flexibility index (Phi) is 4.79. The van der Waals surface area contributed by atoms with Crippen molar-refractivity contribution in [2.24, 2.45) is 11.0 Å². The van der Waals surface area contributed by atoms with Crippen molar-refractivity contribution in [1.82, 2.24) is 4.83 Å². The van der Waals surface area contributed by atoms with Crippen molar-refractivity contribution in [1.29, 1.82) is 0 Å². The molecule has 122 valence electrons. The second-order valence-corrected chi connectivity index (χ2v) is 7.01. The molecule has 1 fully saturated rings. The summed E-state index contributed by atoms with van der Waals surface area (Å²) < 4.78 is 62.8. The molecule has 0 saturated heterocycles. The molecule has 1 aliphatic rings. The number of nitrogens with zero attached hydrogens (tertiary/aromatic N) is 1. The van der Waals surface area contributed by atoms with Crippen LogP contribution in [0.3, 0.4) is 0 Å². The number of alkyl halides is 3. The highest BCUT2D eigenvalue weighted by Crippen LogP contribution is 2.35. The minimum atomic E-state index is -4.39. The van der Waals surface area contributed by atoms with E-state index in [-0.39, 0.29) is 23.4 Å². The monoisotopic (exact) mass is 334 g/mol. The van der Waals surface area contributed by atoms with E-state index >= 15 is 0 Å². The Morgan fingerprint density at radius 1 is 1.18 bits per heavy atom. The fourth-order valence-electron chi connectivity index (χ4n) is 2.37. The first-order valence-corrected chi connectivity index (χ1v) is 8.40. The van der Waals surface area contributed by atoms with Crippen molar-refractivity contribution in [2.75, 3.05) is 0 Å². The molecule has 1 atom stereocenters. The minimum Gasteiger partial charge on any atom is -0.200 e. The van der Waals surface area contributed by atoms with E-state index in [1.54, 1.807) is 19.1 Å². The molecule has 0 bridgehead atoms. The lowest BCUT2D eigenvalue weighted by Crippen LogP contribution is -2.35. The lowest BCUT2D eigenvalue weighted by Gasteiger charge is -2.26. The number of nitrogens with one attached hydrogen (secondary N) is 1. The van der Waals surface area contributed by atoms with E-state index in [0.29, 0.717) is 12.8 Å². The molecule has 0 amide bonds. The predicted octanol–water partition coefficient (Wildman–Crippen LogP) is 3.38. The van der Waals surface area contributed by atoms with Gasteiger partial charge in [-0.3, -0.25) is 0 Å². The van der Waals surface area contributed by atoms with Gasteiger partial charge in [-0.25, -0.2) is 4.83 Å². The van der Waals surface area contributed by atoms with Gasteiger partial charge >= 0.3 is 6.18 Å². The standard InChI is InChI=1S/C14H17F3N2O2S/c1-10-6-8-11(9-7-10)22(20,21)19-18-13-5-3-2-4-12(13)14(15,16)17/h6-9,12,19H,2-5H2,1H3/b18-13-. The number of rotatable bonds is 3. The molecule has 1 saturated carbocycles. The van der Waals surface area contributed by atoms with Crippen LogP contribution in [-0.2, 0) is 10.0 Å². The van der Waals surface area contributed by atoms with E-state index < -0.39 is 22.1 Å². The van der Waals surface area contributed by atoms with Crippen LogP contribution in [0.4, 0.5) is 13.2 Å². The second kappa shape index (κ2) is 6.28. The zero-order valence-corrected chi connectivity index (χ0v) is 12.8. The molecular weight excluding hydrogens is 317 g/mol.